The van der Waals surface area contributed by atoms with Crippen molar-refractivity contribution in [3.63, 3.8) is 0 Å². The van der Waals surface area contributed by atoms with E-state index in [9.17, 15) is 5.21 Å². The maximum atomic E-state index is 9.50. The first-order valence-corrected chi connectivity index (χ1v) is 1.72. The lowest BCUT2D eigenvalue weighted by Crippen LogP contribution is -2.82. The van der Waals surface area contributed by atoms with Gasteiger partial charge >= 0.3 is 0 Å². The number of nitrogens with two attached hydrogens (primary N) is 1. The van der Waals surface area contributed by atoms with E-state index < -0.39 is 0 Å². The first-order valence-electron chi connectivity index (χ1n) is 1.72. The summed E-state index contributed by atoms with van der Waals surface area (Å²) >= 11 is 0. The molecule has 0 spiro atoms. The maximum absolute atomic E-state index is 9.50. The normalized spacial score (nSPS) is 9.60. The Bertz CT molecular complexity index is 20.9. The van der Waals surface area contributed by atoms with E-state index in [0.29, 0.717) is 0 Å². The van der Waals surface area contributed by atoms with Gasteiger partial charge in [0.15, 0.2) is 0 Å². The minimum Gasteiger partial charge on any atom is -0.636 e. The highest BCUT2D eigenvalue weighted by Crippen LogP contribution is 1.56. The fourth-order valence-corrected chi connectivity index (χ4v) is 0. The second-order valence-corrected chi connectivity index (χ2v) is 1.38. The molecular weight excluding hydrogens is 66.0 g/mol. The van der Waals surface area contributed by atoms with Crippen molar-refractivity contribution >= 4 is 0 Å². The fourth-order valence-electron chi connectivity index (χ4n) is 0. The molecule has 0 aromatic rings. The van der Waals surface area contributed by atoms with Crippen molar-refractivity contribution in [1.29, 1.82) is 0 Å². The average molecular weight is 75.1 g/mol. The van der Waals surface area contributed by atoms with E-state index in [1.54, 1.807) is 0 Å². The third kappa shape index (κ3) is 3.92. The minimum absolute atomic E-state index is 0.204. The Labute approximate surface area is 31.8 Å². The molecule has 0 aromatic heterocycles. The van der Waals surface area contributed by atoms with Crippen molar-refractivity contribution in [3.8, 4) is 0 Å². The molecule has 0 fully saturated rings. The smallest absolute Gasteiger partial charge is 0.0799 e. The van der Waals surface area contributed by atoms with Crippen LogP contribution in [0.25, 0.3) is 0 Å². The molecule has 2 N–H and O–H groups in total. The zero-order valence-electron chi connectivity index (χ0n) is 3.56. The zero-order chi connectivity index (χ0) is 4.28. The number of rotatable bonds is 1. The Hall–Kier alpha value is -0.0800. The Morgan fingerprint density at radius 3 is 1.80 bits per heavy atom. The van der Waals surface area contributed by atoms with Crippen molar-refractivity contribution in [2.45, 2.75) is 19.9 Å². The Balaban J connectivity index is 2.54. The molecule has 5 heavy (non-hydrogen) atoms. The molecule has 0 aromatic carbocycles. The Kier molecular flexibility index (Phi) is 2.14. The third-order valence-corrected chi connectivity index (χ3v) is 0.272. The van der Waals surface area contributed by atoms with Crippen molar-refractivity contribution < 1.29 is 5.48 Å². The molecule has 0 bridgehead atoms. The molecular formula is C3H9NO. The highest BCUT2D eigenvalue weighted by Gasteiger charge is 1.78. The van der Waals surface area contributed by atoms with Crippen LogP contribution >= 0.6 is 0 Å². The molecule has 0 aliphatic rings. The molecule has 0 unspecified atom stereocenters. The summed E-state index contributed by atoms with van der Waals surface area (Å²) in [6, 6.07) is 0.204. The summed E-state index contributed by atoms with van der Waals surface area (Å²) in [5, 5.41) is 9.50. The Morgan fingerprint density at radius 1 is 1.60 bits per heavy atom. The fraction of sp³-hybridized carbons (Fsp3) is 1.00. The van der Waals surface area contributed by atoms with E-state index >= 15 is 0 Å². The van der Waals surface area contributed by atoms with Gasteiger partial charge in [0, 0.05) is 0 Å². The maximum Gasteiger partial charge on any atom is 0.0799 e. The van der Waals surface area contributed by atoms with Gasteiger partial charge in [-0.2, -0.15) is 0 Å². The van der Waals surface area contributed by atoms with Crippen LogP contribution in [0.5, 0.6) is 0 Å². The zero-order valence-corrected chi connectivity index (χ0v) is 3.56. The molecule has 0 atom stereocenters. The van der Waals surface area contributed by atoms with Crippen LogP contribution in [-0.2, 0) is 0 Å². The standard InChI is InChI=1S/C3H9NO/c1-3(2)4-5/h3H,4H2,1-2H3. The highest BCUT2D eigenvalue weighted by atomic mass is 16.5. The third-order valence-electron chi connectivity index (χ3n) is 0.272. The number of hydrogen-bond donors (Lipinski definition) is 1. The second-order valence-electron chi connectivity index (χ2n) is 1.38. The van der Waals surface area contributed by atoms with Gasteiger partial charge in [-0.1, -0.05) is 0 Å². The van der Waals surface area contributed by atoms with Crippen LogP contribution in [0.3, 0.4) is 0 Å². The summed E-state index contributed by atoms with van der Waals surface area (Å²) in [6.07, 6.45) is 0. The van der Waals surface area contributed by atoms with Gasteiger partial charge in [0.2, 0.25) is 0 Å². The van der Waals surface area contributed by atoms with Gasteiger partial charge in [-0.05, 0) is 13.8 Å². The van der Waals surface area contributed by atoms with E-state index in [-0.39, 0.29) is 6.04 Å². The Morgan fingerprint density at radius 2 is 1.80 bits per heavy atom. The topological polar surface area (TPSA) is 39.7 Å². The van der Waals surface area contributed by atoms with Crippen molar-refractivity contribution in [1.82, 2.24) is 0 Å². The molecule has 0 aliphatic heterocycles. The monoisotopic (exact) mass is 75.1 g/mol. The largest absolute Gasteiger partial charge is 0.636 e. The number of hydroxylamine groups is 1. The van der Waals surface area contributed by atoms with Crippen LogP contribution in [0, 0.1) is 5.21 Å². The molecule has 32 valence electrons. The van der Waals surface area contributed by atoms with E-state index in [1.807, 2.05) is 13.8 Å². The summed E-state index contributed by atoms with van der Waals surface area (Å²) in [7, 11) is 0. The molecule has 0 amide bonds. The molecule has 0 rings (SSSR count). The highest BCUT2D eigenvalue weighted by molar-refractivity contribution is 4.22. The van der Waals surface area contributed by atoms with E-state index in [2.05, 4.69) is 0 Å². The van der Waals surface area contributed by atoms with Crippen LogP contribution in [-0.4, -0.2) is 6.04 Å². The lowest BCUT2D eigenvalue weighted by molar-refractivity contribution is -0.619. The van der Waals surface area contributed by atoms with Crippen molar-refractivity contribution in [2.24, 2.45) is 0 Å². The summed E-state index contributed by atoms with van der Waals surface area (Å²) in [6.45, 7) is 3.71. The van der Waals surface area contributed by atoms with E-state index in [1.165, 1.54) is 0 Å². The summed E-state index contributed by atoms with van der Waals surface area (Å²) < 4.78 is 0. The van der Waals surface area contributed by atoms with Crippen LogP contribution in [0.4, 0.5) is 0 Å². The van der Waals surface area contributed by atoms with E-state index in [4.69, 9.17) is 0 Å². The van der Waals surface area contributed by atoms with Gasteiger partial charge < -0.3 is 10.7 Å². The van der Waals surface area contributed by atoms with Crippen LogP contribution < -0.4 is 5.48 Å². The van der Waals surface area contributed by atoms with Crippen LogP contribution in [0.15, 0.2) is 0 Å². The summed E-state index contributed by atoms with van der Waals surface area (Å²) in [4.78, 5) is 0. The molecule has 2 heteroatoms. The molecule has 0 radical (unpaired) electrons. The van der Waals surface area contributed by atoms with Crippen molar-refractivity contribution in [2.75, 3.05) is 0 Å². The first-order chi connectivity index (χ1) is 2.27. The second kappa shape index (κ2) is 2.18. The summed E-state index contributed by atoms with van der Waals surface area (Å²) in [5.41, 5.74) is 0.917. The summed E-state index contributed by atoms with van der Waals surface area (Å²) in [5.74, 6) is 0. The van der Waals surface area contributed by atoms with Gasteiger partial charge in [-0.3, -0.25) is 0 Å². The molecule has 0 aliphatic carbocycles. The van der Waals surface area contributed by atoms with E-state index in [0.717, 1.165) is 5.48 Å². The number of quaternary nitrogens is 1. The van der Waals surface area contributed by atoms with Gasteiger partial charge in [-0.15, -0.1) is 0 Å². The molecule has 0 saturated carbocycles. The van der Waals surface area contributed by atoms with Gasteiger partial charge in [0.1, 0.15) is 0 Å². The van der Waals surface area contributed by atoms with Gasteiger partial charge in [0.25, 0.3) is 0 Å². The lowest BCUT2D eigenvalue weighted by Gasteiger charge is -2.02. The SMILES string of the molecule is CC(C)[NH2+][O-]. The molecule has 0 saturated heterocycles. The van der Waals surface area contributed by atoms with Crippen LogP contribution in [0.1, 0.15) is 13.8 Å². The quantitative estimate of drug-likeness (QED) is 0.417. The van der Waals surface area contributed by atoms with Gasteiger partial charge in [-0.25, -0.2) is 0 Å². The van der Waals surface area contributed by atoms with Crippen LogP contribution in [0.2, 0.25) is 0 Å². The minimum atomic E-state index is 0.204. The predicted octanol–water partition coefficient (Wildman–Crippen LogP) is -0.544. The lowest BCUT2D eigenvalue weighted by atomic mass is 10.4. The molecule has 0 heterocycles. The average Bonchev–Trinajstić information content (AvgIpc) is 1.38. The molecule has 2 nitrogen and oxygen atoms in total. The number of hydrogen-bond acceptors (Lipinski definition) is 1. The first kappa shape index (κ1) is 4.92. The van der Waals surface area contributed by atoms with Crippen molar-refractivity contribution in [3.05, 3.63) is 5.21 Å². The predicted molar refractivity (Wildman–Crippen MR) is 20.4 cm³/mol. The van der Waals surface area contributed by atoms with Gasteiger partial charge in [0.05, 0.1) is 6.04 Å².